The van der Waals surface area contributed by atoms with E-state index in [1.807, 2.05) is 18.2 Å². The lowest BCUT2D eigenvalue weighted by Gasteiger charge is -2.35. The van der Waals surface area contributed by atoms with E-state index < -0.39 is 0 Å². The highest BCUT2D eigenvalue weighted by molar-refractivity contribution is 9.10. The molecule has 2 atom stereocenters. The van der Waals surface area contributed by atoms with Gasteiger partial charge in [0.2, 0.25) is 0 Å². The molecular weight excluding hydrogens is 332 g/mol. The quantitative estimate of drug-likeness (QED) is 0.850. The minimum Gasteiger partial charge on any atom is -0.497 e. The molecule has 0 saturated carbocycles. The first-order chi connectivity index (χ1) is 10.1. The average Bonchev–Trinajstić information content (AvgIpc) is 2.50. The third-order valence-electron chi connectivity index (χ3n) is 3.90. The molecule has 1 saturated heterocycles. The van der Waals surface area contributed by atoms with Crippen LogP contribution in [0.5, 0.6) is 5.75 Å². The fourth-order valence-corrected chi connectivity index (χ4v) is 3.14. The van der Waals surface area contributed by atoms with Gasteiger partial charge >= 0.3 is 0 Å². The van der Waals surface area contributed by atoms with Crippen molar-refractivity contribution in [3.63, 3.8) is 0 Å². The highest BCUT2D eigenvalue weighted by atomic mass is 79.9. The molecule has 2 rings (SSSR count). The van der Waals surface area contributed by atoms with Gasteiger partial charge in [0.25, 0.3) is 0 Å². The van der Waals surface area contributed by atoms with E-state index in [4.69, 9.17) is 15.2 Å². The predicted octanol–water partition coefficient (Wildman–Crippen LogP) is 2.44. The Hall–Kier alpha value is -0.620. The van der Waals surface area contributed by atoms with Crippen molar-refractivity contribution < 1.29 is 9.47 Å². The zero-order chi connectivity index (χ0) is 15.2. The molecule has 0 bridgehead atoms. The molecule has 1 aliphatic rings. The molecule has 1 aliphatic heterocycles. The lowest BCUT2D eigenvalue weighted by molar-refractivity contribution is -0.0401. The molecular formula is C16H25BrN2O2. The summed E-state index contributed by atoms with van der Waals surface area (Å²) in [5.74, 6) is 0.859. The molecule has 2 N–H and O–H groups in total. The minimum atomic E-state index is -0.00642. The number of hydrogen-bond acceptors (Lipinski definition) is 4. The lowest BCUT2D eigenvalue weighted by atomic mass is 10.0. The summed E-state index contributed by atoms with van der Waals surface area (Å²) in [6, 6.07) is 5.98. The number of benzene rings is 1. The molecule has 1 aromatic rings. The molecule has 0 aromatic heterocycles. The monoisotopic (exact) mass is 356 g/mol. The predicted molar refractivity (Wildman–Crippen MR) is 88.8 cm³/mol. The van der Waals surface area contributed by atoms with Crippen LogP contribution in [0.15, 0.2) is 22.7 Å². The van der Waals surface area contributed by atoms with Crippen LogP contribution in [0.25, 0.3) is 0 Å². The van der Waals surface area contributed by atoms with Crippen molar-refractivity contribution in [1.29, 1.82) is 0 Å². The highest BCUT2D eigenvalue weighted by Crippen LogP contribution is 2.24. The van der Waals surface area contributed by atoms with Gasteiger partial charge in [0.05, 0.1) is 19.8 Å². The number of ether oxygens (including phenoxy) is 2. The van der Waals surface area contributed by atoms with Crippen molar-refractivity contribution in [2.24, 2.45) is 5.73 Å². The van der Waals surface area contributed by atoms with Crippen LogP contribution in [-0.4, -0.2) is 50.4 Å². The molecule has 0 radical (unpaired) electrons. The van der Waals surface area contributed by atoms with Gasteiger partial charge in [0.15, 0.2) is 0 Å². The Labute approximate surface area is 135 Å². The number of halogens is 1. The molecule has 5 heteroatoms. The summed E-state index contributed by atoms with van der Waals surface area (Å²) < 4.78 is 12.2. The van der Waals surface area contributed by atoms with Gasteiger partial charge < -0.3 is 15.2 Å². The molecule has 1 heterocycles. The van der Waals surface area contributed by atoms with Gasteiger partial charge in [0, 0.05) is 23.6 Å². The van der Waals surface area contributed by atoms with Gasteiger partial charge in [0.1, 0.15) is 5.75 Å². The number of morpholine rings is 1. The lowest BCUT2D eigenvalue weighted by Crippen LogP contribution is -2.51. The maximum absolute atomic E-state index is 6.39. The first-order valence-corrected chi connectivity index (χ1v) is 8.35. The van der Waals surface area contributed by atoms with Crippen LogP contribution in [0.3, 0.4) is 0 Å². The van der Waals surface area contributed by atoms with Gasteiger partial charge in [-0.05, 0) is 43.1 Å². The second-order valence-electron chi connectivity index (χ2n) is 5.54. The number of methoxy groups -OCH3 is 1. The second-order valence-corrected chi connectivity index (χ2v) is 6.39. The van der Waals surface area contributed by atoms with E-state index in [-0.39, 0.29) is 12.1 Å². The Morgan fingerprint density at radius 3 is 3.05 bits per heavy atom. The first-order valence-electron chi connectivity index (χ1n) is 7.56. The third kappa shape index (κ3) is 4.68. The second kappa shape index (κ2) is 8.13. The van der Waals surface area contributed by atoms with Crippen LogP contribution in [0, 0.1) is 0 Å². The van der Waals surface area contributed by atoms with Crippen LogP contribution in [0.4, 0.5) is 0 Å². The summed E-state index contributed by atoms with van der Waals surface area (Å²) in [6.07, 6.45) is 2.05. The maximum Gasteiger partial charge on any atom is 0.119 e. The van der Waals surface area contributed by atoms with Crippen molar-refractivity contribution in [2.45, 2.75) is 31.9 Å². The van der Waals surface area contributed by atoms with E-state index >= 15 is 0 Å². The smallest absolute Gasteiger partial charge is 0.119 e. The maximum atomic E-state index is 6.39. The van der Waals surface area contributed by atoms with Crippen molar-refractivity contribution in [2.75, 3.05) is 33.4 Å². The summed E-state index contributed by atoms with van der Waals surface area (Å²) in [5.41, 5.74) is 7.55. The van der Waals surface area contributed by atoms with E-state index in [1.165, 1.54) is 6.42 Å². The normalized spacial score (nSPS) is 21.2. The van der Waals surface area contributed by atoms with Crippen LogP contribution < -0.4 is 10.5 Å². The Bertz CT molecular complexity index is 454. The number of hydrogen-bond donors (Lipinski definition) is 1. The molecule has 0 aliphatic carbocycles. The molecule has 4 nitrogen and oxygen atoms in total. The number of nitrogens with two attached hydrogens (primary N) is 1. The van der Waals surface area contributed by atoms with Crippen molar-refractivity contribution in [3.8, 4) is 5.75 Å². The van der Waals surface area contributed by atoms with E-state index in [1.54, 1.807) is 7.11 Å². The summed E-state index contributed by atoms with van der Waals surface area (Å²) in [4.78, 5) is 2.44. The number of nitrogens with zero attached hydrogens (tertiary/aromatic N) is 1. The number of rotatable bonds is 6. The average molecular weight is 357 g/mol. The fourth-order valence-electron chi connectivity index (χ4n) is 2.73. The van der Waals surface area contributed by atoms with Crippen LogP contribution >= 0.6 is 15.9 Å². The topological polar surface area (TPSA) is 47.7 Å². The fraction of sp³-hybridized carbons (Fsp3) is 0.625. The molecule has 1 aromatic carbocycles. The van der Waals surface area contributed by atoms with Gasteiger partial charge in [-0.1, -0.05) is 22.9 Å². The zero-order valence-corrected chi connectivity index (χ0v) is 14.4. The van der Waals surface area contributed by atoms with Gasteiger partial charge in [-0.2, -0.15) is 0 Å². The molecule has 0 spiro atoms. The molecule has 118 valence electrons. The summed E-state index contributed by atoms with van der Waals surface area (Å²) in [5, 5.41) is 0. The van der Waals surface area contributed by atoms with E-state index in [0.29, 0.717) is 0 Å². The third-order valence-corrected chi connectivity index (χ3v) is 4.68. The zero-order valence-electron chi connectivity index (χ0n) is 12.8. The van der Waals surface area contributed by atoms with Gasteiger partial charge in [-0.15, -0.1) is 0 Å². The largest absolute Gasteiger partial charge is 0.497 e. The first kappa shape index (κ1) is 16.7. The molecule has 0 amide bonds. The Morgan fingerprint density at radius 2 is 2.33 bits per heavy atom. The standard InChI is InChI=1S/C16H25BrN2O2/c1-3-6-19-7-8-21-16(11-19)15(18)10-12-9-13(20-2)4-5-14(12)17/h4-5,9,15-16H,3,6-8,10-11,18H2,1-2H3. The van der Waals surface area contributed by atoms with E-state index in [2.05, 4.69) is 27.8 Å². The summed E-state index contributed by atoms with van der Waals surface area (Å²) in [7, 11) is 1.68. The van der Waals surface area contributed by atoms with E-state index in [9.17, 15) is 0 Å². The van der Waals surface area contributed by atoms with Crippen LogP contribution in [-0.2, 0) is 11.2 Å². The Kier molecular flexibility index (Phi) is 6.48. The van der Waals surface area contributed by atoms with Crippen molar-refractivity contribution in [3.05, 3.63) is 28.2 Å². The SMILES string of the molecule is CCCN1CCOC(C(N)Cc2cc(OC)ccc2Br)C1. The van der Waals surface area contributed by atoms with E-state index in [0.717, 1.165) is 48.4 Å². The van der Waals surface area contributed by atoms with Crippen molar-refractivity contribution >= 4 is 15.9 Å². The Balaban J connectivity index is 1.98. The molecule has 21 heavy (non-hydrogen) atoms. The molecule has 2 unspecified atom stereocenters. The summed E-state index contributed by atoms with van der Waals surface area (Å²) in [6.45, 7) is 6.04. The highest BCUT2D eigenvalue weighted by Gasteiger charge is 2.26. The molecule has 1 fully saturated rings. The Morgan fingerprint density at radius 1 is 1.52 bits per heavy atom. The minimum absolute atomic E-state index is 0.00642. The van der Waals surface area contributed by atoms with Crippen LogP contribution in [0.2, 0.25) is 0 Å². The van der Waals surface area contributed by atoms with Crippen molar-refractivity contribution in [1.82, 2.24) is 4.90 Å². The summed E-state index contributed by atoms with van der Waals surface area (Å²) >= 11 is 3.59. The van der Waals surface area contributed by atoms with Gasteiger partial charge in [-0.3, -0.25) is 4.90 Å². The van der Waals surface area contributed by atoms with Gasteiger partial charge in [-0.25, -0.2) is 0 Å². The van der Waals surface area contributed by atoms with Crippen LogP contribution in [0.1, 0.15) is 18.9 Å².